The lowest BCUT2D eigenvalue weighted by molar-refractivity contribution is 0.102. The second kappa shape index (κ2) is 9.86. The van der Waals surface area contributed by atoms with Gasteiger partial charge in [0.2, 0.25) is 0 Å². The Hall–Kier alpha value is -3.37. The van der Waals surface area contributed by atoms with Crippen LogP contribution >= 0.6 is 11.8 Å². The van der Waals surface area contributed by atoms with Gasteiger partial charge in [-0.2, -0.15) is 5.26 Å². The van der Waals surface area contributed by atoms with Crippen molar-refractivity contribution in [3.05, 3.63) is 70.6 Å². The van der Waals surface area contributed by atoms with Crippen LogP contribution < -0.4 is 5.56 Å². The Labute approximate surface area is 202 Å². The molecule has 0 aliphatic heterocycles. The van der Waals surface area contributed by atoms with Gasteiger partial charge in [-0.15, -0.1) is 0 Å². The molecule has 5 rings (SSSR count). The normalized spacial score (nSPS) is 14.4. The van der Waals surface area contributed by atoms with Gasteiger partial charge in [-0.25, -0.2) is 4.98 Å². The summed E-state index contributed by atoms with van der Waals surface area (Å²) in [7, 11) is 0. The van der Waals surface area contributed by atoms with Crippen LogP contribution in [0.2, 0.25) is 0 Å². The van der Waals surface area contributed by atoms with Gasteiger partial charge in [0.25, 0.3) is 5.56 Å². The molecular formula is C27H26N4O2S. The Kier molecular flexibility index (Phi) is 6.50. The lowest BCUT2D eigenvalue weighted by atomic mass is 9.95. The highest BCUT2D eigenvalue weighted by Crippen LogP contribution is 2.32. The minimum absolute atomic E-state index is 0.00508. The summed E-state index contributed by atoms with van der Waals surface area (Å²) in [5.74, 6) is 0.193. The number of hydrogen-bond donors (Lipinski definition) is 0. The maximum absolute atomic E-state index is 13.4. The van der Waals surface area contributed by atoms with E-state index in [1.807, 2.05) is 63.9 Å². The van der Waals surface area contributed by atoms with Crippen LogP contribution in [0.4, 0.5) is 0 Å². The number of thioether (sulfide) groups is 1. The topological polar surface area (TPSA) is 80.7 Å². The summed E-state index contributed by atoms with van der Waals surface area (Å²) < 4.78 is 3.82. The van der Waals surface area contributed by atoms with Crippen LogP contribution in [0.3, 0.4) is 0 Å². The van der Waals surface area contributed by atoms with Crippen molar-refractivity contribution in [3.63, 3.8) is 0 Å². The summed E-state index contributed by atoms with van der Waals surface area (Å²) in [6.45, 7) is 0.547. The molecule has 0 radical (unpaired) electrons. The molecule has 1 fully saturated rings. The maximum Gasteiger partial charge on any atom is 0.262 e. The fraction of sp³-hybridized carbons (Fsp3) is 0.333. The summed E-state index contributed by atoms with van der Waals surface area (Å²) in [6, 6.07) is 17.5. The van der Waals surface area contributed by atoms with Crippen molar-refractivity contribution in [3.8, 4) is 6.07 Å². The Morgan fingerprint density at radius 2 is 1.79 bits per heavy atom. The zero-order chi connectivity index (χ0) is 23.5. The summed E-state index contributed by atoms with van der Waals surface area (Å²) >= 11 is 1.35. The SMILES string of the molecule is N#CCCn1cc(C(=O)CSc2nc3ccccc3c(=O)n2C2CCCCC2)c2ccccc21. The number of rotatable bonds is 7. The molecular weight excluding hydrogens is 444 g/mol. The van der Waals surface area contributed by atoms with Crippen molar-refractivity contribution >= 4 is 39.4 Å². The lowest BCUT2D eigenvalue weighted by Crippen LogP contribution is -2.29. The minimum Gasteiger partial charge on any atom is -0.346 e. The van der Waals surface area contributed by atoms with Crippen LogP contribution in [0.15, 0.2) is 64.7 Å². The fourth-order valence-electron chi connectivity index (χ4n) is 4.92. The number of para-hydroxylation sites is 2. The molecule has 2 heterocycles. The molecule has 0 unspecified atom stereocenters. The molecule has 34 heavy (non-hydrogen) atoms. The molecule has 2 aromatic carbocycles. The quantitative estimate of drug-likeness (QED) is 0.195. The molecule has 1 aliphatic rings. The smallest absolute Gasteiger partial charge is 0.262 e. The van der Waals surface area contributed by atoms with Gasteiger partial charge < -0.3 is 4.57 Å². The van der Waals surface area contributed by atoms with Crippen molar-refractivity contribution in [1.82, 2.24) is 14.1 Å². The first-order chi connectivity index (χ1) is 16.7. The van der Waals surface area contributed by atoms with Crippen molar-refractivity contribution in [2.24, 2.45) is 0 Å². The molecule has 7 heteroatoms. The number of nitrogens with zero attached hydrogens (tertiary/aromatic N) is 4. The van der Waals surface area contributed by atoms with Gasteiger partial charge >= 0.3 is 0 Å². The van der Waals surface area contributed by atoms with Gasteiger partial charge in [0.05, 0.1) is 29.1 Å². The predicted octanol–water partition coefficient (Wildman–Crippen LogP) is 5.75. The van der Waals surface area contributed by atoms with E-state index in [0.717, 1.165) is 36.6 Å². The van der Waals surface area contributed by atoms with E-state index in [1.165, 1.54) is 18.2 Å². The molecule has 0 amide bonds. The number of benzene rings is 2. The molecule has 1 aliphatic carbocycles. The van der Waals surface area contributed by atoms with Gasteiger partial charge in [-0.1, -0.05) is 61.4 Å². The largest absolute Gasteiger partial charge is 0.346 e. The van der Waals surface area contributed by atoms with E-state index in [1.54, 1.807) is 0 Å². The summed E-state index contributed by atoms with van der Waals surface area (Å²) in [6.07, 6.45) is 7.58. The highest BCUT2D eigenvalue weighted by molar-refractivity contribution is 7.99. The number of aromatic nitrogens is 3. The van der Waals surface area contributed by atoms with E-state index < -0.39 is 0 Å². The van der Waals surface area contributed by atoms with E-state index in [-0.39, 0.29) is 23.1 Å². The molecule has 1 saturated carbocycles. The molecule has 2 aromatic heterocycles. The first-order valence-corrected chi connectivity index (χ1v) is 12.8. The summed E-state index contributed by atoms with van der Waals surface area (Å²) in [5.41, 5.74) is 2.26. The molecule has 0 saturated heterocycles. The van der Waals surface area contributed by atoms with E-state index >= 15 is 0 Å². The molecule has 172 valence electrons. The Morgan fingerprint density at radius 3 is 2.59 bits per heavy atom. The Bertz CT molecular complexity index is 1460. The third-order valence-electron chi connectivity index (χ3n) is 6.60. The molecule has 4 aromatic rings. The number of carbonyl (C=O) groups excluding carboxylic acids is 1. The Morgan fingerprint density at radius 1 is 1.06 bits per heavy atom. The third-order valence-corrected chi connectivity index (χ3v) is 7.55. The van der Waals surface area contributed by atoms with Crippen LogP contribution in [0.25, 0.3) is 21.8 Å². The monoisotopic (exact) mass is 470 g/mol. The molecule has 0 bridgehead atoms. The molecule has 0 N–H and O–H groups in total. The zero-order valence-corrected chi connectivity index (χ0v) is 19.8. The van der Waals surface area contributed by atoms with Crippen LogP contribution in [0.5, 0.6) is 0 Å². The second-order valence-corrected chi connectivity index (χ2v) is 9.69. The van der Waals surface area contributed by atoms with Gasteiger partial charge in [-0.3, -0.25) is 14.2 Å². The third kappa shape index (κ3) is 4.26. The van der Waals surface area contributed by atoms with Crippen molar-refractivity contribution in [1.29, 1.82) is 5.26 Å². The molecule has 6 nitrogen and oxygen atoms in total. The second-order valence-electron chi connectivity index (χ2n) is 8.75. The number of hydrogen-bond acceptors (Lipinski definition) is 5. The fourth-order valence-corrected chi connectivity index (χ4v) is 5.87. The first-order valence-electron chi connectivity index (χ1n) is 11.8. The average Bonchev–Trinajstić information content (AvgIpc) is 3.25. The van der Waals surface area contributed by atoms with Crippen LogP contribution in [-0.2, 0) is 6.54 Å². The van der Waals surface area contributed by atoms with E-state index in [4.69, 9.17) is 10.2 Å². The number of fused-ring (bicyclic) bond motifs is 2. The van der Waals surface area contributed by atoms with Crippen LogP contribution in [0, 0.1) is 11.3 Å². The average molecular weight is 471 g/mol. The first kappa shape index (κ1) is 22.4. The van der Waals surface area contributed by atoms with Gasteiger partial charge in [0.1, 0.15) is 0 Å². The van der Waals surface area contributed by atoms with Crippen LogP contribution in [0.1, 0.15) is 54.9 Å². The standard InChI is InChI=1S/C27H26N4O2S/c28-15-8-16-30-17-22(20-11-5-7-14-24(20)30)25(32)18-34-27-29-23-13-6-4-12-21(23)26(33)31(27)19-9-2-1-3-10-19/h4-7,11-14,17,19H,1-3,8-10,16,18H2. The number of aryl methyl sites for hydroxylation is 1. The van der Waals surface area contributed by atoms with Gasteiger partial charge in [-0.05, 0) is 31.0 Å². The highest BCUT2D eigenvalue weighted by Gasteiger charge is 2.23. The molecule has 0 atom stereocenters. The number of carbonyl (C=O) groups is 1. The highest BCUT2D eigenvalue weighted by atomic mass is 32.2. The summed E-state index contributed by atoms with van der Waals surface area (Å²) in [4.78, 5) is 31.6. The molecule has 0 spiro atoms. The van der Waals surface area contributed by atoms with E-state index in [2.05, 4.69) is 6.07 Å². The van der Waals surface area contributed by atoms with Gasteiger partial charge in [0.15, 0.2) is 10.9 Å². The van der Waals surface area contributed by atoms with Crippen molar-refractivity contribution in [2.45, 2.75) is 56.3 Å². The van der Waals surface area contributed by atoms with E-state index in [0.29, 0.717) is 34.6 Å². The zero-order valence-electron chi connectivity index (χ0n) is 18.9. The minimum atomic E-state index is -0.0134. The number of ketones is 1. The number of Topliss-reactive ketones (excluding diaryl/α,β-unsaturated/α-hetero) is 1. The van der Waals surface area contributed by atoms with Gasteiger partial charge in [0, 0.05) is 35.2 Å². The Balaban J connectivity index is 1.48. The van der Waals surface area contributed by atoms with Crippen molar-refractivity contribution < 1.29 is 4.79 Å². The van der Waals surface area contributed by atoms with Crippen molar-refractivity contribution in [2.75, 3.05) is 5.75 Å². The van der Waals surface area contributed by atoms with E-state index in [9.17, 15) is 9.59 Å². The number of nitriles is 1. The lowest BCUT2D eigenvalue weighted by Gasteiger charge is -2.26. The maximum atomic E-state index is 13.4. The predicted molar refractivity (Wildman–Crippen MR) is 135 cm³/mol. The van der Waals surface area contributed by atoms with Crippen LogP contribution in [-0.4, -0.2) is 25.7 Å². The summed E-state index contributed by atoms with van der Waals surface area (Å²) in [5, 5.41) is 11.1.